The molecule has 0 saturated carbocycles. The van der Waals surface area contributed by atoms with Crippen LogP contribution < -0.4 is 10.5 Å². The van der Waals surface area contributed by atoms with E-state index in [0.717, 1.165) is 42.5 Å². The Labute approximate surface area is 157 Å². The summed E-state index contributed by atoms with van der Waals surface area (Å²) in [6.07, 6.45) is 1.12. The van der Waals surface area contributed by atoms with Crippen LogP contribution in [0.1, 0.15) is 41.6 Å². The van der Waals surface area contributed by atoms with Gasteiger partial charge in [-0.1, -0.05) is 18.2 Å². The summed E-state index contributed by atoms with van der Waals surface area (Å²) in [5.74, 6) is -1.33. The van der Waals surface area contributed by atoms with Crippen LogP contribution in [0.2, 0.25) is 0 Å². The number of aliphatic hydroxyl groups excluding tert-OH is 1. The summed E-state index contributed by atoms with van der Waals surface area (Å²) >= 11 is 0. The summed E-state index contributed by atoms with van der Waals surface area (Å²) in [4.78, 5) is 11.2. The van der Waals surface area contributed by atoms with Crippen molar-refractivity contribution >= 4 is 15.9 Å². The fourth-order valence-electron chi connectivity index (χ4n) is 3.39. The maximum atomic E-state index is 13.0. The molecular formula is C19H21FN2O4S. The van der Waals surface area contributed by atoms with Gasteiger partial charge in [0.1, 0.15) is 5.82 Å². The Morgan fingerprint density at radius 1 is 1.26 bits per heavy atom. The largest absolute Gasteiger partial charge is 0.378 e. The van der Waals surface area contributed by atoms with Gasteiger partial charge in [-0.15, -0.1) is 0 Å². The lowest BCUT2D eigenvalue weighted by atomic mass is 9.81. The molecule has 0 aromatic heterocycles. The molecule has 0 heterocycles. The first-order valence-corrected chi connectivity index (χ1v) is 10.1. The summed E-state index contributed by atoms with van der Waals surface area (Å²) in [5.41, 5.74) is 7.55. The number of aryl methyl sites for hydroxylation is 1. The molecule has 3 rings (SSSR count). The average molecular weight is 392 g/mol. The number of primary amides is 1. The number of benzene rings is 2. The van der Waals surface area contributed by atoms with Crippen LogP contribution in [-0.4, -0.2) is 26.0 Å². The van der Waals surface area contributed by atoms with Crippen molar-refractivity contribution in [3.8, 4) is 0 Å². The minimum absolute atomic E-state index is 0.0138. The monoisotopic (exact) mass is 392 g/mol. The Morgan fingerprint density at radius 2 is 1.96 bits per heavy atom. The van der Waals surface area contributed by atoms with Crippen molar-refractivity contribution in [3.63, 3.8) is 0 Å². The summed E-state index contributed by atoms with van der Waals surface area (Å²) in [6, 6.07) is 9.87. The topological polar surface area (TPSA) is 109 Å². The van der Waals surface area contributed by atoms with Gasteiger partial charge in [0.15, 0.2) is 6.10 Å². The number of fused-ring (bicyclic) bond motifs is 1. The van der Waals surface area contributed by atoms with Crippen molar-refractivity contribution in [1.82, 2.24) is 4.72 Å². The fourth-order valence-corrected chi connectivity index (χ4v) is 4.47. The number of hydrogen-bond acceptors (Lipinski definition) is 4. The zero-order valence-electron chi connectivity index (χ0n) is 14.6. The average Bonchev–Trinajstić information content (AvgIpc) is 2.65. The summed E-state index contributed by atoms with van der Waals surface area (Å²) in [7, 11) is -3.73. The number of nitrogens with one attached hydrogen (secondary N) is 1. The second-order valence-electron chi connectivity index (χ2n) is 6.66. The summed E-state index contributed by atoms with van der Waals surface area (Å²) < 4.78 is 40.4. The normalized spacial score (nSPS) is 17.9. The van der Waals surface area contributed by atoms with E-state index in [2.05, 4.69) is 4.72 Å². The molecule has 2 unspecified atom stereocenters. The third kappa shape index (κ3) is 4.35. The molecule has 1 amide bonds. The molecule has 0 bridgehead atoms. The van der Waals surface area contributed by atoms with Gasteiger partial charge < -0.3 is 10.8 Å². The Balaban J connectivity index is 1.76. The maximum absolute atomic E-state index is 13.0. The van der Waals surface area contributed by atoms with E-state index in [1.54, 1.807) is 12.1 Å². The lowest BCUT2D eigenvalue weighted by molar-refractivity contribution is -0.126. The van der Waals surface area contributed by atoms with E-state index in [1.807, 2.05) is 6.07 Å². The number of hydrogen-bond donors (Lipinski definition) is 3. The Bertz CT molecular complexity index is 945. The fraction of sp³-hybridized carbons (Fsp3) is 0.316. The van der Waals surface area contributed by atoms with Crippen molar-refractivity contribution in [3.05, 3.63) is 65.0 Å². The maximum Gasteiger partial charge on any atom is 0.250 e. The SMILES string of the molecule is NC(=O)C(O)c1ccc2c(c1)CCCC2CNS(=O)(=O)c1ccc(F)cc1. The van der Waals surface area contributed by atoms with Crippen molar-refractivity contribution in [1.29, 1.82) is 0 Å². The highest BCUT2D eigenvalue weighted by molar-refractivity contribution is 7.89. The predicted molar refractivity (Wildman–Crippen MR) is 97.9 cm³/mol. The molecule has 4 N–H and O–H groups in total. The van der Waals surface area contributed by atoms with Gasteiger partial charge >= 0.3 is 0 Å². The van der Waals surface area contributed by atoms with Crippen LogP contribution in [0.3, 0.4) is 0 Å². The molecule has 1 aliphatic carbocycles. The molecule has 2 atom stereocenters. The second-order valence-corrected chi connectivity index (χ2v) is 8.43. The van der Waals surface area contributed by atoms with Gasteiger partial charge in [0.05, 0.1) is 4.90 Å². The molecule has 144 valence electrons. The van der Waals surface area contributed by atoms with Crippen molar-refractivity contribution in [2.75, 3.05) is 6.54 Å². The first kappa shape index (κ1) is 19.5. The Hall–Kier alpha value is -2.29. The van der Waals surface area contributed by atoms with E-state index >= 15 is 0 Å². The molecule has 0 radical (unpaired) electrons. The van der Waals surface area contributed by atoms with Crippen LogP contribution >= 0.6 is 0 Å². The summed E-state index contributed by atoms with van der Waals surface area (Å²) in [6.45, 7) is 0.213. The highest BCUT2D eigenvalue weighted by atomic mass is 32.2. The van der Waals surface area contributed by atoms with Gasteiger partial charge in [-0.25, -0.2) is 17.5 Å². The van der Waals surface area contributed by atoms with Gasteiger partial charge in [0.25, 0.3) is 5.91 Å². The molecule has 0 aliphatic heterocycles. The molecule has 0 saturated heterocycles. The lowest BCUT2D eigenvalue weighted by Gasteiger charge is -2.26. The van der Waals surface area contributed by atoms with Crippen molar-refractivity contribution < 1.29 is 22.7 Å². The van der Waals surface area contributed by atoms with Crippen molar-refractivity contribution in [2.24, 2.45) is 5.73 Å². The third-order valence-electron chi connectivity index (χ3n) is 4.83. The van der Waals surface area contributed by atoms with E-state index in [-0.39, 0.29) is 17.4 Å². The second kappa shape index (κ2) is 7.75. The highest BCUT2D eigenvalue weighted by Gasteiger charge is 2.24. The van der Waals surface area contributed by atoms with Crippen molar-refractivity contribution in [2.45, 2.75) is 36.2 Å². The first-order chi connectivity index (χ1) is 12.8. The zero-order valence-corrected chi connectivity index (χ0v) is 15.4. The standard InChI is InChI=1S/C19H21FN2O4S/c20-15-5-7-16(8-6-15)27(25,26)22-11-14-3-1-2-12-10-13(4-9-17(12)14)18(23)19(21)24/h4-10,14,18,22-23H,1-3,11H2,(H2,21,24). The van der Waals surface area contributed by atoms with Crippen LogP contribution in [0, 0.1) is 5.82 Å². The molecule has 1 aliphatic rings. The van der Waals surface area contributed by atoms with Gasteiger partial charge in [-0.3, -0.25) is 4.79 Å². The Morgan fingerprint density at radius 3 is 2.63 bits per heavy atom. The van der Waals surface area contributed by atoms with Crippen LogP contribution in [0.15, 0.2) is 47.4 Å². The van der Waals surface area contributed by atoms with Gasteiger partial charge in [-0.05, 0) is 66.1 Å². The number of nitrogens with two attached hydrogens (primary N) is 1. The molecule has 27 heavy (non-hydrogen) atoms. The van der Waals surface area contributed by atoms with Crippen LogP contribution in [0.4, 0.5) is 4.39 Å². The van der Waals surface area contributed by atoms with E-state index in [4.69, 9.17) is 5.73 Å². The number of amides is 1. The molecule has 6 nitrogen and oxygen atoms in total. The number of rotatable bonds is 6. The molecule has 0 spiro atoms. The van der Waals surface area contributed by atoms with Gasteiger partial charge in [-0.2, -0.15) is 0 Å². The molecule has 2 aromatic carbocycles. The minimum Gasteiger partial charge on any atom is -0.378 e. The summed E-state index contributed by atoms with van der Waals surface area (Å²) in [5, 5.41) is 9.83. The number of carbonyl (C=O) groups is 1. The van der Waals surface area contributed by atoms with E-state index in [1.165, 1.54) is 12.1 Å². The van der Waals surface area contributed by atoms with Crippen LogP contribution in [-0.2, 0) is 21.2 Å². The lowest BCUT2D eigenvalue weighted by Crippen LogP contribution is -2.30. The molecule has 0 fully saturated rings. The van der Waals surface area contributed by atoms with E-state index in [0.29, 0.717) is 5.56 Å². The molecule has 2 aromatic rings. The van der Waals surface area contributed by atoms with Crippen LogP contribution in [0.5, 0.6) is 0 Å². The van der Waals surface area contributed by atoms with E-state index in [9.17, 15) is 22.7 Å². The Kier molecular flexibility index (Phi) is 5.59. The third-order valence-corrected chi connectivity index (χ3v) is 6.27. The molecule has 8 heteroatoms. The van der Waals surface area contributed by atoms with Crippen LogP contribution in [0.25, 0.3) is 0 Å². The highest BCUT2D eigenvalue weighted by Crippen LogP contribution is 2.33. The zero-order chi connectivity index (χ0) is 19.6. The number of carbonyl (C=O) groups excluding carboxylic acids is 1. The number of aliphatic hydroxyl groups is 1. The number of halogens is 1. The van der Waals surface area contributed by atoms with E-state index < -0.39 is 27.9 Å². The quantitative estimate of drug-likeness (QED) is 0.696. The van der Waals surface area contributed by atoms with Gasteiger partial charge in [0.2, 0.25) is 10.0 Å². The van der Waals surface area contributed by atoms with Gasteiger partial charge in [0, 0.05) is 6.54 Å². The number of sulfonamides is 1. The predicted octanol–water partition coefficient (Wildman–Crippen LogP) is 1.74. The first-order valence-electron chi connectivity index (χ1n) is 8.63. The minimum atomic E-state index is -3.73. The smallest absolute Gasteiger partial charge is 0.250 e. The molecular weight excluding hydrogens is 371 g/mol.